The van der Waals surface area contributed by atoms with E-state index in [0.29, 0.717) is 18.2 Å². The molecule has 1 fully saturated rings. The molecule has 2 N–H and O–H groups in total. The van der Waals surface area contributed by atoms with Crippen molar-refractivity contribution in [1.82, 2.24) is 5.32 Å². The van der Waals surface area contributed by atoms with Crippen LogP contribution in [0.15, 0.2) is 28.7 Å². The van der Waals surface area contributed by atoms with Gasteiger partial charge in [-0.2, -0.15) is 11.8 Å². The molecule has 0 spiro atoms. The summed E-state index contributed by atoms with van der Waals surface area (Å²) in [6, 6.07) is 7.93. The van der Waals surface area contributed by atoms with Crippen molar-refractivity contribution in [3.05, 3.63) is 35.6 Å². The quantitative estimate of drug-likeness (QED) is 0.899. The minimum absolute atomic E-state index is 0.0550. The fourth-order valence-corrected chi connectivity index (χ4v) is 3.58. The first-order valence-electron chi connectivity index (χ1n) is 6.30. The van der Waals surface area contributed by atoms with Crippen LogP contribution in [0.1, 0.15) is 22.5 Å². The highest BCUT2D eigenvalue weighted by Gasteiger charge is 2.21. The van der Waals surface area contributed by atoms with Crippen LogP contribution in [-0.4, -0.2) is 28.6 Å². The smallest absolute Gasteiger partial charge is 0.372 e. The molecule has 4 nitrogen and oxygen atoms in total. The molecule has 1 aliphatic heterocycles. The number of hydrogen-bond donors (Lipinski definition) is 2. The third-order valence-corrected chi connectivity index (χ3v) is 4.55. The first kappa shape index (κ1) is 12.6. The monoisotopic (exact) mass is 277 g/mol. The van der Waals surface area contributed by atoms with Gasteiger partial charge in [0.05, 0.1) is 0 Å². The van der Waals surface area contributed by atoms with Gasteiger partial charge in [0.25, 0.3) is 0 Å². The maximum absolute atomic E-state index is 11.3. The van der Waals surface area contributed by atoms with Gasteiger partial charge in [0.1, 0.15) is 5.58 Å². The third kappa shape index (κ3) is 2.48. The van der Waals surface area contributed by atoms with Crippen molar-refractivity contribution in [2.45, 2.75) is 19.0 Å². The molecule has 19 heavy (non-hydrogen) atoms. The topological polar surface area (TPSA) is 62.5 Å². The predicted molar refractivity (Wildman–Crippen MR) is 75.7 cm³/mol. The number of fused-ring (bicyclic) bond motifs is 1. The second kappa shape index (κ2) is 5.27. The highest BCUT2D eigenvalue weighted by molar-refractivity contribution is 7.99. The largest absolute Gasteiger partial charge is 0.475 e. The van der Waals surface area contributed by atoms with Crippen LogP contribution in [0.3, 0.4) is 0 Å². The molecule has 0 aliphatic carbocycles. The molecule has 2 heterocycles. The van der Waals surface area contributed by atoms with E-state index < -0.39 is 5.97 Å². The van der Waals surface area contributed by atoms with E-state index in [1.54, 1.807) is 6.07 Å². The molecule has 3 rings (SSSR count). The lowest BCUT2D eigenvalue weighted by atomic mass is 10.1. The van der Waals surface area contributed by atoms with Crippen molar-refractivity contribution in [3.63, 3.8) is 0 Å². The van der Waals surface area contributed by atoms with Crippen LogP contribution < -0.4 is 5.32 Å². The van der Waals surface area contributed by atoms with E-state index in [4.69, 9.17) is 4.42 Å². The number of thioether (sulfide) groups is 1. The molecule has 0 amide bonds. The van der Waals surface area contributed by atoms with Gasteiger partial charge in [0.15, 0.2) is 0 Å². The fourth-order valence-electron chi connectivity index (χ4n) is 2.39. The van der Waals surface area contributed by atoms with E-state index in [-0.39, 0.29) is 5.76 Å². The van der Waals surface area contributed by atoms with Crippen molar-refractivity contribution < 1.29 is 14.3 Å². The molecule has 1 aromatic carbocycles. The molecular weight excluding hydrogens is 262 g/mol. The molecule has 1 unspecified atom stereocenters. The van der Waals surface area contributed by atoms with E-state index in [2.05, 4.69) is 5.32 Å². The number of carboxylic acid groups (broad SMARTS) is 1. The molecule has 5 heteroatoms. The summed E-state index contributed by atoms with van der Waals surface area (Å²) in [6.07, 6.45) is 1.14. The first-order chi connectivity index (χ1) is 9.25. The van der Waals surface area contributed by atoms with Crippen LogP contribution in [-0.2, 0) is 6.54 Å². The summed E-state index contributed by atoms with van der Waals surface area (Å²) < 4.78 is 5.43. The molecule has 0 saturated carbocycles. The van der Waals surface area contributed by atoms with E-state index in [0.717, 1.165) is 23.1 Å². The zero-order chi connectivity index (χ0) is 13.2. The number of benzene rings is 1. The van der Waals surface area contributed by atoms with Crippen LogP contribution >= 0.6 is 11.8 Å². The van der Waals surface area contributed by atoms with Crippen LogP contribution in [0, 0.1) is 0 Å². The molecule has 1 aromatic heterocycles. The Morgan fingerprint density at radius 1 is 1.47 bits per heavy atom. The van der Waals surface area contributed by atoms with Gasteiger partial charge in [0, 0.05) is 29.3 Å². The maximum atomic E-state index is 11.3. The molecule has 0 bridgehead atoms. The summed E-state index contributed by atoms with van der Waals surface area (Å²) >= 11 is 1.93. The second-order valence-electron chi connectivity index (χ2n) is 4.65. The van der Waals surface area contributed by atoms with Crippen LogP contribution in [0.5, 0.6) is 0 Å². The normalized spacial score (nSPS) is 19.1. The lowest BCUT2D eigenvalue weighted by Gasteiger charge is -2.10. The van der Waals surface area contributed by atoms with Gasteiger partial charge in [0.2, 0.25) is 5.76 Å². The van der Waals surface area contributed by atoms with Gasteiger partial charge in [-0.05, 0) is 18.2 Å². The Morgan fingerprint density at radius 2 is 2.32 bits per heavy atom. The van der Waals surface area contributed by atoms with Crippen molar-refractivity contribution >= 4 is 28.7 Å². The van der Waals surface area contributed by atoms with Crippen molar-refractivity contribution in [2.24, 2.45) is 0 Å². The Hall–Kier alpha value is -1.46. The minimum atomic E-state index is -1.01. The van der Waals surface area contributed by atoms with E-state index in [1.165, 1.54) is 5.75 Å². The number of hydrogen-bond acceptors (Lipinski definition) is 4. The number of carboxylic acids is 1. The van der Waals surface area contributed by atoms with Gasteiger partial charge in [-0.1, -0.05) is 18.2 Å². The highest BCUT2D eigenvalue weighted by Crippen LogP contribution is 2.26. The number of nitrogens with one attached hydrogen (secondary N) is 1. The average molecular weight is 277 g/mol. The lowest BCUT2D eigenvalue weighted by Crippen LogP contribution is -2.28. The van der Waals surface area contributed by atoms with E-state index >= 15 is 0 Å². The van der Waals surface area contributed by atoms with Crippen LogP contribution in [0.4, 0.5) is 0 Å². The van der Waals surface area contributed by atoms with Crippen molar-refractivity contribution in [1.29, 1.82) is 0 Å². The predicted octanol–water partition coefficient (Wildman–Crippen LogP) is 2.73. The molecule has 2 aromatic rings. The summed E-state index contributed by atoms with van der Waals surface area (Å²) in [6.45, 7) is 0.546. The Morgan fingerprint density at radius 3 is 3.05 bits per heavy atom. The molecule has 0 radical (unpaired) electrons. The number of para-hydroxylation sites is 1. The minimum Gasteiger partial charge on any atom is -0.475 e. The fraction of sp³-hybridized carbons (Fsp3) is 0.357. The molecular formula is C14H15NO3S. The van der Waals surface area contributed by atoms with Crippen molar-refractivity contribution in [2.75, 3.05) is 11.5 Å². The third-order valence-electron chi connectivity index (χ3n) is 3.39. The summed E-state index contributed by atoms with van der Waals surface area (Å²) in [7, 11) is 0. The Bertz CT molecular complexity index is 602. The zero-order valence-corrected chi connectivity index (χ0v) is 11.2. The summed E-state index contributed by atoms with van der Waals surface area (Å²) in [5.74, 6) is 1.32. The maximum Gasteiger partial charge on any atom is 0.372 e. The summed E-state index contributed by atoms with van der Waals surface area (Å²) in [5.41, 5.74) is 1.39. The number of carbonyl (C=O) groups is 1. The van der Waals surface area contributed by atoms with Gasteiger partial charge >= 0.3 is 5.97 Å². The van der Waals surface area contributed by atoms with Gasteiger partial charge < -0.3 is 14.8 Å². The van der Waals surface area contributed by atoms with Gasteiger partial charge in [-0.25, -0.2) is 4.79 Å². The summed E-state index contributed by atoms with van der Waals surface area (Å²) in [5, 5.41) is 13.5. The van der Waals surface area contributed by atoms with Crippen molar-refractivity contribution in [3.8, 4) is 0 Å². The number of furan rings is 1. The standard InChI is InChI=1S/C14H15NO3S/c16-14(17)13-11(7-15-9-5-6-19-8-9)10-3-1-2-4-12(10)18-13/h1-4,9,15H,5-8H2,(H,16,17). The Balaban J connectivity index is 1.90. The molecule has 1 aliphatic rings. The zero-order valence-electron chi connectivity index (χ0n) is 10.4. The van der Waals surface area contributed by atoms with Gasteiger partial charge in [-0.15, -0.1) is 0 Å². The SMILES string of the molecule is O=C(O)c1oc2ccccc2c1CNC1CCSC1. The lowest BCUT2D eigenvalue weighted by molar-refractivity contribution is 0.0663. The summed E-state index contributed by atoms with van der Waals surface area (Å²) in [4.78, 5) is 11.3. The Labute approximate surface area is 115 Å². The van der Waals surface area contributed by atoms with Crippen LogP contribution in [0.25, 0.3) is 11.0 Å². The first-order valence-corrected chi connectivity index (χ1v) is 7.46. The molecule has 100 valence electrons. The number of rotatable bonds is 4. The molecule has 1 atom stereocenters. The Kier molecular flexibility index (Phi) is 3.48. The van der Waals surface area contributed by atoms with Gasteiger partial charge in [-0.3, -0.25) is 0 Å². The molecule has 1 saturated heterocycles. The van der Waals surface area contributed by atoms with E-state index in [9.17, 15) is 9.90 Å². The number of aromatic carboxylic acids is 1. The second-order valence-corrected chi connectivity index (χ2v) is 5.80. The average Bonchev–Trinajstić information content (AvgIpc) is 3.03. The van der Waals surface area contributed by atoms with E-state index in [1.807, 2.05) is 30.0 Å². The van der Waals surface area contributed by atoms with Crippen LogP contribution in [0.2, 0.25) is 0 Å². The highest BCUT2D eigenvalue weighted by atomic mass is 32.2.